The molecule has 1 aromatic carbocycles. The van der Waals surface area contributed by atoms with Crippen molar-refractivity contribution in [1.29, 1.82) is 0 Å². The van der Waals surface area contributed by atoms with Crippen molar-refractivity contribution in [2.45, 2.75) is 26.7 Å². The second-order valence-corrected chi connectivity index (χ2v) is 6.21. The Hall–Kier alpha value is -1.26. The summed E-state index contributed by atoms with van der Waals surface area (Å²) in [5.41, 5.74) is 6.68. The van der Waals surface area contributed by atoms with Crippen LogP contribution >= 0.6 is 22.9 Å². The monoisotopic (exact) mass is 310 g/mol. The molecule has 0 bridgehead atoms. The van der Waals surface area contributed by atoms with Gasteiger partial charge in [-0.25, -0.2) is 0 Å². The van der Waals surface area contributed by atoms with Crippen molar-refractivity contribution in [3.8, 4) is 0 Å². The van der Waals surface area contributed by atoms with Crippen molar-refractivity contribution < 1.29 is 4.79 Å². The summed E-state index contributed by atoms with van der Waals surface area (Å²) in [5, 5.41) is 1.51. The standard InChI is InChI=1S/C15H19ClN2OS/c1-3-5-8-18(4-2)15(19)14-13(17)11-9-10(16)6-7-12(11)20-14/h6-7,9H,3-5,8,17H2,1-2H3. The average molecular weight is 311 g/mol. The van der Waals surface area contributed by atoms with Crippen LogP contribution in [-0.2, 0) is 0 Å². The molecule has 0 atom stereocenters. The summed E-state index contributed by atoms with van der Waals surface area (Å²) in [6.45, 7) is 5.59. The fourth-order valence-electron chi connectivity index (χ4n) is 2.14. The highest BCUT2D eigenvalue weighted by Gasteiger charge is 2.20. The normalized spacial score (nSPS) is 10.9. The number of thiophene rings is 1. The number of hydrogen-bond donors (Lipinski definition) is 1. The molecule has 2 N–H and O–H groups in total. The van der Waals surface area contributed by atoms with Gasteiger partial charge in [0.05, 0.1) is 5.69 Å². The van der Waals surface area contributed by atoms with Gasteiger partial charge in [-0.3, -0.25) is 4.79 Å². The van der Waals surface area contributed by atoms with Crippen LogP contribution in [0.5, 0.6) is 0 Å². The third-order valence-corrected chi connectivity index (χ3v) is 4.74. The molecule has 2 rings (SSSR count). The molecule has 0 unspecified atom stereocenters. The minimum Gasteiger partial charge on any atom is -0.397 e. The van der Waals surface area contributed by atoms with Crippen LogP contribution in [-0.4, -0.2) is 23.9 Å². The van der Waals surface area contributed by atoms with Gasteiger partial charge in [-0.2, -0.15) is 0 Å². The van der Waals surface area contributed by atoms with E-state index in [2.05, 4.69) is 6.92 Å². The number of nitrogen functional groups attached to an aromatic ring is 1. The highest BCUT2D eigenvalue weighted by atomic mass is 35.5. The van der Waals surface area contributed by atoms with Crippen LogP contribution in [0, 0.1) is 0 Å². The van der Waals surface area contributed by atoms with Gasteiger partial charge in [0, 0.05) is 28.2 Å². The van der Waals surface area contributed by atoms with Crippen LogP contribution < -0.4 is 5.73 Å². The van der Waals surface area contributed by atoms with Crippen LogP contribution in [0.15, 0.2) is 18.2 Å². The maximum atomic E-state index is 12.6. The third-order valence-electron chi connectivity index (χ3n) is 3.33. The van der Waals surface area contributed by atoms with E-state index >= 15 is 0 Å². The quantitative estimate of drug-likeness (QED) is 0.889. The van der Waals surface area contributed by atoms with Crippen LogP contribution in [0.2, 0.25) is 5.02 Å². The lowest BCUT2D eigenvalue weighted by molar-refractivity contribution is 0.0768. The number of nitrogens with zero attached hydrogens (tertiary/aromatic N) is 1. The Labute approximate surface area is 128 Å². The molecule has 0 aliphatic carbocycles. The largest absolute Gasteiger partial charge is 0.397 e. The van der Waals surface area contributed by atoms with Crippen LogP contribution in [0.4, 0.5) is 5.69 Å². The molecule has 0 saturated heterocycles. The number of unbranched alkanes of at least 4 members (excludes halogenated alkanes) is 1. The second-order valence-electron chi connectivity index (χ2n) is 4.72. The Morgan fingerprint density at radius 3 is 2.80 bits per heavy atom. The van der Waals surface area contributed by atoms with Crippen molar-refractivity contribution in [2.24, 2.45) is 0 Å². The zero-order chi connectivity index (χ0) is 14.7. The lowest BCUT2D eigenvalue weighted by Gasteiger charge is -2.20. The zero-order valence-electron chi connectivity index (χ0n) is 11.8. The van der Waals surface area contributed by atoms with Crippen LogP contribution in [0.25, 0.3) is 10.1 Å². The van der Waals surface area contributed by atoms with E-state index in [9.17, 15) is 4.79 Å². The number of hydrogen-bond acceptors (Lipinski definition) is 3. The molecule has 2 aromatic rings. The Morgan fingerprint density at radius 1 is 1.40 bits per heavy atom. The van der Waals surface area contributed by atoms with E-state index in [4.69, 9.17) is 17.3 Å². The Morgan fingerprint density at radius 2 is 2.15 bits per heavy atom. The molecule has 0 saturated carbocycles. The van der Waals surface area contributed by atoms with Gasteiger partial charge in [0.2, 0.25) is 0 Å². The molecule has 5 heteroatoms. The molecule has 0 aliphatic heterocycles. The number of amides is 1. The first-order chi connectivity index (χ1) is 9.58. The molecular weight excluding hydrogens is 292 g/mol. The molecule has 1 aromatic heterocycles. The fraction of sp³-hybridized carbons (Fsp3) is 0.400. The second kappa shape index (κ2) is 6.46. The van der Waals surface area contributed by atoms with Gasteiger partial charge >= 0.3 is 0 Å². The molecule has 108 valence electrons. The summed E-state index contributed by atoms with van der Waals surface area (Å²) in [4.78, 5) is 15.1. The lowest BCUT2D eigenvalue weighted by atomic mass is 10.2. The smallest absolute Gasteiger partial charge is 0.266 e. The molecule has 0 fully saturated rings. The van der Waals surface area contributed by atoms with Gasteiger partial charge < -0.3 is 10.6 Å². The van der Waals surface area contributed by atoms with Gasteiger partial charge in [-0.1, -0.05) is 24.9 Å². The van der Waals surface area contributed by atoms with Crippen molar-refractivity contribution in [2.75, 3.05) is 18.8 Å². The van der Waals surface area contributed by atoms with Gasteiger partial charge in [0.15, 0.2) is 0 Å². The first-order valence-corrected chi connectivity index (χ1v) is 8.04. The zero-order valence-corrected chi connectivity index (χ0v) is 13.4. The van der Waals surface area contributed by atoms with Crippen molar-refractivity contribution >= 4 is 44.6 Å². The number of carbonyl (C=O) groups is 1. The van der Waals surface area contributed by atoms with E-state index in [1.54, 1.807) is 0 Å². The van der Waals surface area contributed by atoms with E-state index in [0.29, 0.717) is 22.1 Å². The van der Waals surface area contributed by atoms with Crippen molar-refractivity contribution in [3.05, 3.63) is 28.1 Å². The van der Waals surface area contributed by atoms with E-state index in [1.807, 2.05) is 30.0 Å². The van der Waals surface area contributed by atoms with E-state index in [0.717, 1.165) is 29.5 Å². The Kier molecular flexibility index (Phi) is 4.89. The molecule has 0 aliphatic rings. The van der Waals surface area contributed by atoms with Gasteiger partial charge in [-0.15, -0.1) is 11.3 Å². The Balaban J connectivity index is 2.36. The summed E-state index contributed by atoms with van der Waals surface area (Å²) >= 11 is 7.43. The number of rotatable bonds is 5. The summed E-state index contributed by atoms with van der Waals surface area (Å²) in [5.74, 6) is 0.0239. The summed E-state index contributed by atoms with van der Waals surface area (Å²) < 4.78 is 1.00. The van der Waals surface area contributed by atoms with Gasteiger partial charge in [0.1, 0.15) is 4.88 Å². The highest BCUT2D eigenvalue weighted by Crippen LogP contribution is 2.35. The first kappa shape index (κ1) is 15.1. The molecule has 0 radical (unpaired) electrons. The van der Waals surface area contributed by atoms with Crippen LogP contribution in [0.3, 0.4) is 0 Å². The average Bonchev–Trinajstić information content (AvgIpc) is 2.76. The number of carbonyl (C=O) groups excluding carboxylic acids is 1. The van der Waals surface area contributed by atoms with Gasteiger partial charge in [0.25, 0.3) is 5.91 Å². The summed E-state index contributed by atoms with van der Waals surface area (Å²) in [6.07, 6.45) is 2.08. The van der Waals surface area contributed by atoms with E-state index in [-0.39, 0.29) is 5.91 Å². The fourth-order valence-corrected chi connectivity index (χ4v) is 3.39. The van der Waals surface area contributed by atoms with E-state index < -0.39 is 0 Å². The lowest BCUT2D eigenvalue weighted by Crippen LogP contribution is -2.31. The number of anilines is 1. The SMILES string of the molecule is CCCCN(CC)C(=O)c1sc2ccc(Cl)cc2c1N. The number of nitrogens with two attached hydrogens (primary N) is 1. The predicted octanol–water partition coefficient (Wildman–Crippen LogP) is 4.40. The maximum Gasteiger partial charge on any atom is 0.266 e. The number of benzene rings is 1. The topological polar surface area (TPSA) is 46.3 Å². The maximum absolute atomic E-state index is 12.6. The summed E-state index contributed by atoms with van der Waals surface area (Å²) in [7, 11) is 0. The van der Waals surface area contributed by atoms with Crippen LogP contribution in [0.1, 0.15) is 36.4 Å². The van der Waals surface area contributed by atoms with Gasteiger partial charge in [-0.05, 0) is 31.5 Å². The number of halogens is 1. The molecule has 1 amide bonds. The Bertz CT molecular complexity index is 624. The van der Waals surface area contributed by atoms with Crippen molar-refractivity contribution in [3.63, 3.8) is 0 Å². The summed E-state index contributed by atoms with van der Waals surface area (Å²) in [6, 6.07) is 5.56. The predicted molar refractivity (Wildman–Crippen MR) is 87.7 cm³/mol. The third kappa shape index (κ3) is 2.91. The highest BCUT2D eigenvalue weighted by molar-refractivity contribution is 7.21. The molecule has 3 nitrogen and oxygen atoms in total. The minimum atomic E-state index is 0.0239. The van der Waals surface area contributed by atoms with Crippen molar-refractivity contribution in [1.82, 2.24) is 4.90 Å². The molecule has 20 heavy (non-hydrogen) atoms. The van der Waals surface area contributed by atoms with E-state index in [1.165, 1.54) is 11.3 Å². The molecular formula is C15H19ClN2OS. The minimum absolute atomic E-state index is 0.0239. The first-order valence-electron chi connectivity index (χ1n) is 6.85. The molecule has 0 spiro atoms. The molecule has 1 heterocycles. The number of fused-ring (bicyclic) bond motifs is 1.